The summed E-state index contributed by atoms with van der Waals surface area (Å²) in [5.74, 6) is 0.444. The Morgan fingerprint density at radius 3 is 1.79 bits per heavy atom. The van der Waals surface area contributed by atoms with Crippen molar-refractivity contribution in [3.8, 4) is 0 Å². The number of rotatable bonds is 24. The number of amides is 2. The summed E-state index contributed by atoms with van der Waals surface area (Å²) in [5.41, 5.74) is 7.46. The highest BCUT2D eigenvalue weighted by molar-refractivity contribution is 6.08. The van der Waals surface area contributed by atoms with E-state index in [0.717, 1.165) is 86.1 Å². The first-order valence-electron chi connectivity index (χ1n) is 38.5. The van der Waals surface area contributed by atoms with Crippen molar-refractivity contribution in [2.75, 3.05) is 91.0 Å². The van der Waals surface area contributed by atoms with E-state index >= 15 is 0 Å². The van der Waals surface area contributed by atoms with Crippen LogP contribution in [0.5, 0.6) is 0 Å². The summed E-state index contributed by atoms with van der Waals surface area (Å²) in [6.07, 6.45) is -10.0. The summed E-state index contributed by atoms with van der Waals surface area (Å²) in [4.78, 5) is 30.2. The number of carbonyl (C=O) groups is 2. The Balaban J connectivity index is 0.679. The van der Waals surface area contributed by atoms with Gasteiger partial charge in [-0.05, 0) is 134 Å². The summed E-state index contributed by atoms with van der Waals surface area (Å²) in [5, 5.41) is 119. The van der Waals surface area contributed by atoms with Crippen molar-refractivity contribution in [2.45, 2.75) is 232 Å². The molecule has 4 aromatic carbocycles. The van der Waals surface area contributed by atoms with Gasteiger partial charge in [0.1, 0.15) is 103 Å². The van der Waals surface area contributed by atoms with E-state index in [9.17, 15) is 60.7 Å². The van der Waals surface area contributed by atoms with Gasteiger partial charge in [0.05, 0.1) is 57.6 Å². The molecule has 15 aliphatic rings. The Bertz CT molecular complexity index is 3950. The molecule has 8 unspecified atom stereocenters. The van der Waals surface area contributed by atoms with Crippen LogP contribution in [0.1, 0.15) is 109 Å². The summed E-state index contributed by atoms with van der Waals surface area (Å²) < 4.78 is 69.5. The monoisotopic (exact) mass is 1510 g/mol. The zero-order valence-corrected chi connectivity index (χ0v) is 62.2. The van der Waals surface area contributed by atoms with Crippen LogP contribution in [-0.4, -0.2) is 282 Å². The number of nitrogens with zero attached hydrogens (tertiary/aromatic N) is 2. The number of aliphatic hydroxyl groups is 10. The van der Waals surface area contributed by atoms with Crippen molar-refractivity contribution < 1.29 is 117 Å². The lowest BCUT2D eigenvalue weighted by molar-refractivity contribution is -0.436. The molecule has 0 aromatic heterocycles. The summed E-state index contributed by atoms with van der Waals surface area (Å²) in [7, 11) is 1.71. The van der Waals surface area contributed by atoms with Crippen LogP contribution >= 0.6 is 0 Å². The third-order valence-electron chi connectivity index (χ3n) is 23.1. The molecule has 12 N–H and O–H groups in total. The van der Waals surface area contributed by atoms with Crippen molar-refractivity contribution in [2.24, 2.45) is 0 Å². The standard InChI is InChI=1S/C81H108N4O23/c1-80(2)59(84(51-27-23-45-15-6-8-19-49(45)63(51)80)35-31-61(90)82-33-13-39-101-72-54-22-12-38-99-73-55(41-86)105-78(68(95)67(73)94)107-76(69(72)96)58(44-89)104-54)29-25-47-17-10-18-48(71(47)98-5)26-30-60-81(3,4)64-50-20-9-7-16-46(50)24-28-52(64)85(60)36-32-62(91)83-34-14-40-102-77-70(97)74-56(42-87)106-79(77)108-75-57(43-88)103-53(21-11-37-100-74)65(92)66(75)93/h6-9,15-16,19-20,23-30,53-58,65-70,72-79,86-89,92-97H,10-14,17-18,21-22,31-44H2,1-5H3,(H-,82,83,90,91)/p+1/t53?,54?,55-,56-,57-,58-,65+,66-,67-,68-,69-,70+,72+,73?,74?,75?,76?,77-,78?,79?/m1/s1. The van der Waals surface area contributed by atoms with Crippen LogP contribution in [-0.2, 0) is 72.5 Å². The predicted molar refractivity (Wildman–Crippen MR) is 395 cm³/mol. The van der Waals surface area contributed by atoms with E-state index in [-0.39, 0.29) is 64.2 Å². The number of ether oxygens (including phenoxy) is 11. The fourth-order valence-electron chi connectivity index (χ4n) is 17.6. The molecule has 12 saturated heterocycles. The lowest BCUT2D eigenvalue weighted by atomic mass is 9.78. The van der Waals surface area contributed by atoms with E-state index in [1.165, 1.54) is 5.56 Å². The van der Waals surface area contributed by atoms with Gasteiger partial charge in [-0.25, -0.2) is 0 Å². The molecule has 590 valence electrons. The fourth-order valence-corrected chi connectivity index (χ4v) is 17.6. The third-order valence-corrected chi connectivity index (χ3v) is 23.1. The maximum absolute atomic E-state index is 14.0. The van der Waals surface area contributed by atoms with Crippen molar-refractivity contribution in [3.05, 3.63) is 131 Å². The van der Waals surface area contributed by atoms with Gasteiger partial charge in [-0.1, -0.05) is 74.5 Å². The Morgan fingerprint density at radius 1 is 0.565 bits per heavy atom. The number of fused-ring (bicyclic) bond motifs is 6. The van der Waals surface area contributed by atoms with Gasteiger partial charge >= 0.3 is 0 Å². The molecule has 27 heteroatoms. The summed E-state index contributed by atoms with van der Waals surface area (Å²) in [6, 6.07) is 25.2. The second-order valence-corrected chi connectivity index (χ2v) is 30.7. The number of methoxy groups -OCH3 is 1. The fraction of sp³-hybridized carbons (Fsp3) is 0.617. The number of nitrogens with one attached hydrogen (secondary N) is 2. The zero-order valence-electron chi connectivity index (χ0n) is 62.2. The lowest BCUT2D eigenvalue weighted by Gasteiger charge is -2.47. The van der Waals surface area contributed by atoms with Crippen LogP contribution < -0.4 is 15.5 Å². The summed E-state index contributed by atoms with van der Waals surface area (Å²) >= 11 is 0. The molecule has 1 aliphatic carbocycles. The number of allylic oxidation sites excluding steroid dienone is 7. The number of carbonyl (C=O) groups excluding carboxylic acids is 2. The molecule has 12 fully saturated rings. The molecule has 19 rings (SSSR count). The topological polar surface area (TPSA) is 368 Å². The maximum atomic E-state index is 14.0. The average Bonchev–Trinajstić information content (AvgIpc) is 1.57. The Hall–Kier alpha value is -6.23. The highest BCUT2D eigenvalue weighted by Crippen LogP contribution is 2.52. The van der Waals surface area contributed by atoms with Crippen molar-refractivity contribution >= 4 is 50.4 Å². The molecule has 108 heavy (non-hydrogen) atoms. The molecule has 0 spiro atoms. The van der Waals surface area contributed by atoms with Crippen molar-refractivity contribution in [3.63, 3.8) is 0 Å². The largest absolute Gasteiger partial charge is 0.496 e. The van der Waals surface area contributed by atoms with Crippen molar-refractivity contribution in [1.29, 1.82) is 0 Å². The van der Waals surface area contributed by atoms with Crippen LogP contribution in [0.2, 0.25) is 0 Å². The van der Waals surface area contributed by atoms with Crippen LogP contribution in [0.3, 0.4) is 0 Å². The van der Waals surface area contributed by atoms with Gasteiger partial charge < -0.3 is 119 Å². The Morgan fingerprint density at radius 2 is 1.12 bits per heavy atom. The first-order chi connectivity index (χ1) is 52.2. The minimum absolute atomic E-state index is 0.0373. The second-order valence-electron chi connectivity index (χ2n) is 30.7. The van der Waals surface area contributed by atoms with Gasteiger partial charge in [0.2, 0.25) is 17.5 Å². The van der Waals surface area contributed by atoms with E-state index < -0.39 is 160 Å². The predicted octanol–water partition coefficient (Wildman–Crippen LogP) is 3.43. The quantitative estimate of drug-likeness (QED) is 0.0353. The molecule has 2 amide bonds. The van der Waals surface area contributed by atoms with Crippen LogP contribution in [0.25, 0.3) is 21.5 Å². The first kappa shape index (κ1) is 79.8. The van der Waals surface area contributed by atoms with Crippen LogP contribution in [0.4, 0.5) is 11.4 Å². The number of hydrogen-bond donors (Lipinski definition) is 12. The first-order valence-corrected chi connectivity index (χ1v) is 38.5. The van der Waals surface area contributed by atoms with Gasteiger partial charge in [-0.15, -0.1) is 0 Å². The van der Waals surface area contributed by atoms with Gasteiger partial charge in [0, 0.05) is 87.0 Å². The molecule has 27 nitrogen and oxygen atoms in total. The Kier molecular flexibility index (Phi) is 26.0. The van der Waals surface area contributed by atoms with E-state index in [0.29, 0.717) is 51.6 Å². The molecule has 14 heterocycles. The average molecular weight is 1510 g/mol. The number of benzene rings is 4. The van der Waals surface area contributed by atoms with Gasteiger partial charge in [-0.3, -0.25) is 9.59 Å². The van der Waals surface area contributed by atoms with Gasteiger partial charge in [-0.2, -0.15) is 4.58 Å². The van der Waals surface area contributed by atoms with Crippen LogP contribution in [0, 0.1) is 0 Å². The maximum Gasteiger partial charge on any atom is 0.226 e. The second kappa shape index (κ2) is 35.2. The van der Waals surface area contributed by atoms with Gasteiger partial charge in [0.15, 0.2) is 24.8 Å². The molecule has 14 aliphatic heterocycles. The number of anilines is 1. The molecular formula is C81H109N4O23+. The van der Waals surface area contributed by atoms with Crippen molar-refractivity contribution in [1.82, 2.24) is 10.6 Å². The molecular weight excluding hydrogens is 1400 g/mol. The molecule has 8 bridgehead atoms. The molecule has 0 saturated carbocycles. The number of hydrogen-bond acceptors (Lipinski definition) is 24. The molecule has 20 atom stereocenters. The highest BCUT2D eigenvalue weighted by Gasteiger charge is 2.55. The Labute approximate surface area is 629 Å². The zero-order chi connectivity index (χ0) is 76.1. The van der Waals surface area contributed by atoms with Gasteiger partial charge in [0.25, 0.3) is 0 Å². The van der Waals surface area contributed by atoms with Crippen LogP contribution in [0.15, 0.2) is 120 Å². The highest BCUT2D eigenvalue weighted by atomic mass is 16.7. The third kappa shape index (κ3) is 16.4. The lowest BCUT2D eigenvalue weighted by Crippen LogP contribution is -2.65. The smallest absolute Gasteiger partial charge is 0.226 e. The molecule has 4 aromatic rings. The summed E-state index contributed by atoms with van der Waals surface area (Å²) in [6.45, 7) is 8.45. The van der Waals surface area contributed by atoms with E-state index in [1.54, 1.807) is 7.11 Å². The van der Waals surface area contributed by atoms with E-state index in [2.05, 4.69) is 133 Å². The minimum atomic E-state index is -1.59. The number of aliphatic hydroxyl groups excluding tert-OH is 10. The normalized spacial score (nSPS) is 34.2. The van der Waals surface area contributed by atoms with E-state index in [4.69, 9.17) is 52.1 Å². The minimum Gasteiger partial charge on any atom is -0.496 e. The molecule has 0 radical (unpaired) electrons. The van der Waals surface area contributed by atoms with E-state index in [1.807, 2.05) is 12.1 Å². The SMILES string of the molecule is COC1=C(/C=C/C2=[N+](CCC(=O)NCCCO[C@H]3C4CCCOC5[C@@H](CO)OC(OC([C@@H](CO)O4)[C@@H]3O)[C@H](O)[C@H]5O)c3ccc4ccccc4c3C2(C)C)CCC/C1=C\C=C1\N(CCC(=O)NCCCO[C@H]2C3OC4[C@@H](CO)OC(CCCOC([C@@H](CO)O3)[C@@H]2O)[C@H](O)[C@H]4O)c2ccc3ccccc3c2C1(C)C.